The predicted octanol–water partition coefficient (Wildman–Crippen LogP) is 4.15. The van der Waals surface area contributed by atoms with Crippen molar-refractivity contribution in [3.8, 4) is 0 Å². The molecule has 0 bridgehead atoms. The lowest BCUT2D eigenvalue weighted by Gasteiger charge is -2.50. The molecule has 8 nitrogen and oxygen atoms in total. The van der Waals surface area contributed by atoms with Gasteiger partial charge in [-0.25, -0.2) is 9.59 Å². The Morgan fingerprint density at radius 3 is 1.80 bits per heavy atom. The number of hydrogen-bond donors (Lipinski definition) is 0. The number of hydrogen-bond acceptors (Lipinski definition) is 8. The zero-order valence-corrected chi connectivity index (χ0v) is 16.0. The van der Waals surface area contributed by atoms with Gasteiger partial charge in [0.2, 0.25) is 0 Å². The summed E-state index contributed by atoms with van der Waals surface area (Å²) in [5, 5.41) is 16.5. The quantitative estimate of drug-likeness (QED) is 0.594. The molecule has 25 heavy (non-hydrogen) atoms. The van der Waals surface area contributed by atoms with E-state index in [1.807, 2.05) is 41.5 Å². The Labute approximate surface area is 148 Å². The zero-order chi connectivity index (χ0) is 19.1. The molecule has 0 atom stereocenters. The second kappa shape index (κ2) is 8.93. The molecule has 0 N–H and O–H groups in total. The van der Waals surface area contributed by atoms with E-state index >= 15 is 0 Å². The minimum absolute atomic E-state index is 0.198. The van der Waals surface area contributed by atoms with Crippen LogP contribution in [-0.2, 0) is 39.5 Å². The summed E-state index contributed by atoms with van der Waals surface area (Å²) in [6.07, 6.45) is 3.99. The Balaban J connectivity index is 2.99. The van der Waals surface area contributed by atoms with Crippen LogP contribution in [0, 0.1) is 16.2 Å². The fraction of sp³-hybridized carbons (Fsp3) is 0.882. The average Bonchev–Trinajstić information content (AvgIpc) is 2.46. The minimum Gasteiger partial charge on any atom is -0.267 e. The number of carbonyl (C=O) groups is 2. The Morgan fingerprint density at radius 1 is 0.720 bits per heavy atom. The molecule has 1 saturated heterocycles. The lowest BCUT2D eigenvalue weighted by Crippen LogP contribution is -2.53. The molecule has 0 aliphatic carbocycles. The maximum Gasteiger partial charge on any atom is 0.352 e. The molecule has 0 aromatic heterocycles. The van der Waals surface area contributed by atoms with E-state index in [1.54, 1.807) is 0 Å². The van der Waals surface area contributed by atoms with E-state index in [9.17, 15) is 9.59 Å². The van der Waals surface area contributed by atoms with E-state index in [-0.39, 0.29) is 6.42 Å². The smallest absolute Gasteiger partial charge is 0.267 e. The molecule has 1 aliphatic rings. The van der Waals surface area contributed by atoms with Crippen LogP contribution in [0.4, 0.5) is 0 Å². The van der Waals surface area contributed by atoms with Crippen molar-refractivity contribution >= 4 is 11.9 Å². The van der Waals surface area contributed by atoms with Gasteiger partial charge in [0.1, 0.15) is 0 Å². The first-order valence-corrected chi connectivity index (χ1v) is 8.61. The molecular weight excluding hydrogens is 332 g/mol. The van der Waals surface area contributed by atoms with Crippen molar-refractivity contribution in [2.24, 2.45) is 16.2 Å². The van der Waals surface area contributed by atoms with Gasteiger partial charge >= 0.3 is 11.9 Å². The lowest BCUT2D eigenvalue weighted by molar-refractivity contribution is -0.742. The van der Waals surface area contributed by atoms with Gasteiger partial charge in [0.25, 0.3) is 0 Å². The Hall–Kier alpha value is -1.22. The summed E-state index contributed by atoms with van der Waals surface area (Å²) in [7, 11) is 0. The van der Waals surface area contributed by atoms with E-state index in [4.69, 9.17) is 4.89 Å². The van der Waals surface area contributed by atoms with Crippen LogP contribution in [-0.4, -0.2) is 11.9 Å². The van der Waals surface area contributed by atoms with Gasteiger partial charge in [-0.2, -0.15) is 0 Å². The third-order valence-corrected chi connectivity index (χ3v) is 4.91. The summed E-state index contributed by atoms with van der Waals surface area (Å²) in [5.41, 5.74) is -1.61. The molecule has 1 rings (SSSR count). The van der Waals surface area contributed by atoms with Crippen molar-refractivity contribution in [3.05, 3.63) is 0 Å². The minimum atomic E-state index is -0.823. The van der Waals surface area contributed by atoms with Crippen LogP contribution in [0.1, 0.15) is 80.1 Å². The molecular formula is C17H30O8. The molecule has 0 radical (unpaired) electrons. The zero-order valence-electron chi connectivity index (χ0n) is 16.0. The van der Waals surface area contributed by atoms with Crippen molar-refractivity contribution in [1.82, 2.24) is 0 Å². The molecule has 1 aliphatic heterocycles. The van der Waals surface area contributed by atoms with E-state index < -0.39 is 28.2 Å². The summed E-state index contributed by atoms with van der Waals surface area (Å²) >= 11 is 0. The lowest BCUT2D eigenvalue weighted by atomic mass is 9.52. The second-order valence-corrected chi connectivity index (χ2v) is 8.42. The van der Waals surface area contributed by atoms with Crippen molar-refractivity contribution < 1.29 is 39.5 Å². The van der Waals surface area contributed by atoms with Gasteiger partial charge in [-0.05, 0) is 23.7 Å². The Kier molecular flexibility index (Phi) is 7.80. The molecule has 146 valence electrons. The maximum absolute atomic E-state index is 12.9. The van der Waals surface area contributed by atoms with Crippen molar-refractivity contribution in [2.45, 2.75) is 80.1 Å². The topological polar surface area (TPSA) is 89.5 Å². The first-order chi connectivity index (χ1) is 11.5. The van der Waals surface area contributed by atoms with Gasteiger partial charge in [0, 0.05) is 26.6 Å². The largest absolute Gasteiger partial charge is 0.352 e. The highest BCUT2D eigenvalue weighted by Crippen LogP contribution is 2.55. The van der Waals surface area contributed by atoms with Gasteiger partial charge in [-0.1, -0.05) is 60.8 Å². The van der Waals surface area contributed by atoms with Crippen molar-refractivity contribution in [2.75, 3.05) is 0 Å². The van der Waals surface area contributed by atoms with Crippen molar-refractivity contribution in [1.29, 1.82) is 0 Å². The molecule has 0 amide bonds. The molecule has 0 aromatic carbocycles. The van der Waals surface area contributed by atoms with E-state index in [2.05, 4.69) is 25.0 Å². The van der Waals surface area contributed by atoms with E-state index in [0.717, 1.165) is 19.3 Å². The van der Waals surface area contributed by atoms with Crippen LogP contribution in [0.25, 0.3) is 0 Å². The molecule has 1 fully saturated rings. The molecule has 0 aromatic rings. The highest BCUT2D eigenvalue weighted by molar-refractivity contribution is 5.78. The fourth-order valence-electron chi connectivity index (χ4n) is 3.83. The van der Waals surface area contributed by atoms with Crippen molar-refractivity contribution in [3.63, 3.8) is 0 Å². The molecule has 8 heteroatoms. The molecule has 0 unspecified atom stereocenters. The summed E-state index contributed by atoms with van der Waals surface area (Å²) in [4.78, 5) is 33.3. The highest BCUT2D eigenvalue weighted by atomic mass is 17.8. The van der Waals surface area contributed by atoms with E-state index in [0.29, 0.717) is 12.8 Å². The summed E-state index contributed by atoms with van der Waals surface area (Å²) in [5.74, 6) is -1.14. The van der Waals surface area contributed by atoms with Gasteiger partial charge in [-0.3, -0.25) is 9.78 Å². The third kappa shape index (κ3) is 5.64. The van der Waals surface area contributed by atoms with Gasteiger partial charge in [-0.15, -0.1) is 0 Å². The number of carbonyl (C=O) groups excluding carboxylic acids is 2. The standard InChI is InChI=1S/C17H30O8/c1-15(2,3)17(16(4,5)6)12-10-8-7-9-11-13(18)20-22-24-25-23-21-14(17)19/h7-12H2,1-6H3. The third-order valence-electron chi connectivity index (χ3n) is 4.91. The van der Waals surface area contributed by atoms with Crippen LogP contribution >= 0.6 is 0 Å². The van der Waals surface area contributed by atoms with Crippen LogP contribution < -0.4 is 0 Å². The van der Waals surface area contributed by atoms with Crippen LogP contribution in [0.2, 0.25) is 0 Å². The normalized spacial score (nSPS) is 22.3. The Bertz CT molecular complexity index is 433. The van der Waals surface area contributed by atoms with Crippen LogP contribution in [0.5, 0.6) is 0 Å². The highest BCUT2D eigenvalue weighted by Gasteiger charge is 2.57. The fourth-order valence-corrected chi connectivity index (χ4v) is 3.83. The number of rotatable bonds is 0. The first-order valence-electron chi connectivity index (χ1n) is 8.61. The monoisotopic (exact) mass is 362 g/mol. The predicted molar refractivity (Wildman–Crippen MR) is 85.6 cm³/mol. The molecule has 1 heterocycles. The summed E-state index contributed by atoms with van der Waals surface area (Å²) in [6.45, 7) is 12.0. The van der Waals surface area contributed by atoms with Gasteiger partial charge in [0.15, 0.2) is 0 Å². The van der Waals surface area contributed by atoms with Crippen LogP contribution in [0.3, 0.4) is 0 Å². The average molecular weight is 362 g/mol. The maximum atomic E-state index is 12.9. The summed E-state index contributed by atoms with van der Waals surface area (Å²) in [6, 6.07) is 0. The van der Waals surface area contributed by atoms with Gasteiger partial charge < -0.3 is 0 Å². The first kappa shape index (κ1) is 21.8. The van der Waals surface area contributed by atoms with Crippen LogP contribution in [0.15, 0.2) is 0 Å². The van der Waals surface area contributed by atoms with Gasteiger partial charge in [0.05, 0.1) is 5.41 Å². The SMILES string of the molecule is CC(C)(C)C1(C(C)(C)C)CCCCCCC(=O)OOOOOOC1=O. The Morgan fingerprint density at radius 2 is 1.24 bits per heavy atom. The summed E-state index contributed by atoms with van der Waals surface area (Å²) < 4.78 is 0. The molecule has 0 saturated carbocycles. The second-order valence-electron chi connectivity index (χ2n) is 8.42. The van der Waals surface area contributed by atoms with E-state index in [1.165, 1.54) is 0 Å². The molecule has 0 spiro atoms.